The molecule has 1 aliphatic carbocycles. The maximum Gasteiger partial charge on any atom is 0.313 e. The molecule has 0 bridgehead atoms. The Morgan fingerprint density at radius 1 is 1.27 bits per heavy atom. The summed E-state index contributed by atoms with van der Waals surface area (Å²) in [7, 11) is 0. The fourth-order valence-electron chi connectivity index (χ4n) is 4.51. The number of rotatable bonds is 4. The third kappa shape index (κ3) is 3.23. The molecule has 156 valence electrons. The zero-order chi connectivity index (χ0) is 20.7. The topological polar surface area (TPSA) is 81.1 Å². The Morgan fingerprint density at radius 3 is 2.93 bits per heavy atom. The molecule has 5 rings (SSSR count). The molecule has 1 saturated heterocycles. The van der Waals surface area contributed by atoms with Gasteiger partial charge in [-0.1, -0.05) is 0 Å². The van der Waals surface area contributed by atoms with Crippen LogP contribution in [0.4, 0.5) is 5.82 Å². The highest BCUT2D eigenvalue weighted by molar-refractivity contribution is 7.19. The second-order valence-electron chi connectivity index (χ2n) is 8.31. The highest BCUT2D eigenvalue weighted by Gasteiger charge is 2.43. The van der Waals surface area contributed by atoms with Crippen LogP contribution in [0, 0.1) is 5.41 Å². The second kappa shape index (κ2) is 7.58. The van der Waals surface area contributed by atoms with Gasteiger partial charge in [0.05, 0.1) is 23.6 Å². The van der Waals surface area contributed by atoms with Crippen LogP contribution >= 0.6 is 11.3 Å². The van der Waals surface area contributed by atoms with Crippen molar-refractivity contribution in [3.05, 3.63) is 29.0 Å². The minimum Gasteiger partial charge on any atom is -0.466 e. The molecule has 1 unspecified atom stereocenters. The Kier molecular flexibility index (Phi) is 4.89. The molecule has 3 aromatic heterocycles. The zero-order valence-corrected chi connectivity index (χ0v) is 18.2. The van der Waals surface area contributed by atoms with E-state index in [1.54, 1.807) is 29.9 Å². The molecule has 0 radical (unpaired) electrons. The van der Waals surface area contributed by atoms with Crippen LogP contribution in [0.25, 0.3) is 21.7 Å². The van der Waals surface area contributed by atoms with Crippen LogP contribution in [0.1, 0.15) is 43.6 Å². The van der Waals surface area contributed by atoms with Gasteiger partial charge in [0.25, 0.3) is 0 Å². The molecule has 4 heterocycles. The number of ether oxygens (including phenoxy) is 1. The predicted molar refractivity (Wildman–Crippen MR) is 117 cm³/mol. The largest absolute Gasteiger partial charge is 0.466 e. The minimum absolute atomic E-state index is 0.126. The Bertz CT molecular complexity index is 1100. The van der Waals surface area contributed by atoms with Crippen LogP contribution in [0.15, 0.2) is 18.6 Å². The number of aryl methyl sites for hydroxylation is 2. The maximum atomic E-state index is 12.6. The molecule has 30 heavy (non-hydrogen) atoms. The van der Waals surface area contributed by atoms with Crippen LogP contribution in [-0.2, 0) is 22.4 Å². The average Bonchev–Trinajstić information content (AvgIpc) is 3.35. The lowest BCUT2D eigenvalue weighted by atomic mass is 9.90. The average molecular weight is 424 g/mol. The smallest absolute Gasteiger partial charge is 0.313 e. The lowest BCUT2D eigenvalue weighted by molar-refractivity contribution is -0.153. The molecule has 1 fully saturated rings. The summed E-state index contributed by atoms with van der Waals surface area (Å²) >= 11 is 1.78. The van der Waals surface area contributed by atoms with E-state index in [9.17, 15) is 4.79 Å². The Labute approximate surface area is 179 Å². The van der Waals surface area contributed by atoms with Crippen molar-refractivity contribution in [1.29, 1.82) is 0 Å². The van der Waals surface area contributed by atoms with Gasteiger partial charge in [0.1, 0.15) is 16.3 Å². The number of anilines is 1. The fourth-order valence-corrected chi connectivity index (χ4v) is 5.77. The first-order valence-corrected chi connectivity index (χ1v) is 11.4. The van der Waals surface area contributed by atoms with Gasteiger partial charge in [-0.25, -0.2) is 15.0 Å². The third-order valence-corrected chi connectivity index (χ3v) is 7.31. The molecule has 1 aliphatic heterocycles. The van der Waals surface area contributed by atoms with Crippen LogP contribution in [0.3, 0.4) is 0 Å². The van der Waals surface area contributed by atoms with E-state index in [2.05, 4.69) is 14.9 Å². The van der Waals surface area contributed by atoms with Gasteiger partial charge >= 0.3 is 5.97 Å². The molecular formula is C22H25N5O2S. The van der Waals surface area contributed by atoms with Crippen LogP contribution < -0.4 is 4.90 Å². The van der Waals surface area contributed by atoms with Crippen molar-refractivity contribution in [2.45, 2.75) is 46.0 Å². The van der Waals surface area contributed by atoms with E-state index in [1.165, 1.54) is 23.3 Å². The van der Waals surface area contributed by atoms with Gasteiger partial charge in [0, 0.05) is 30.4 Å². The number of thiophene rings is 1. The summed E-state index contributed by atoms with van der Waals surface area (Å²) < 4.78 is 5.35. The van der Waals surface area contributed by atoms with Gasteiger partial charge in [0.15, 0.2) is 5.82 Å². The van der Waals surface area contributed by atoms with E-state index >= 15 is 0 Å². The summed E-state index contributed by atoms with van der Waals surface area (Å²) in [5, 5.41) is 1.16. The van der Waals surface area contributed by atoms with Crippen LogP contribution in [0.5, 0.6) is 0 Å². The number of nitrogens with zero attached hydrogens (tertiary/aromatic N) is 5. The summed E-state index contributed by atoms with van der Waals surface area (Å²) in [4.78, 5) is 35.7. The van der Waals surface area contributed by atoms with Crippen LogP contribution in [0.2, 0.25) is 0 Å². The first-order chi connectivity index (χ1) is 14.6. The molecule has 7 nitrogen and oxygen atoms in total. The van der Waals surface area contributed by atoms with Gasteiger partial charge in [-0.05, 0) is 51.5 Å². The van der Waals surface area contributed by atoms with Gasteiger partial charge in [-0.15, -0.1) is 11.3 Å². The normalized spacial score (nSPS) is 21.1. The first kappa shape index (κ1) is 19.4. The van der Waals surface area contributed by atoms with Crippen molar-refractivity contribution in [2.24, 2.45) is 5.41 Å². The molecule has 3 aromatic rings. The number of aromatic nitrogens is 4. The van der Waals surface area contributed by atoms with Crippen molar-refractivity contribution in [3.63, 3.8) is 0 Å². The maximum absolute atomic E-state index is 12.6. The predicted octanol–water partition coefficient (Wildman–Crippen LogP) is 3.81. The summed E-state index contributed by atoms with van der Waals surface area (Å²) in [5.41, 5.74) is 1.54. The molecule has 0 aromatic carbocycles. The molecule has 8 heteroatoms. The van der Waals surface area contributed by atoms with Gasteiger partial charge < -0.3 is 9.64 Å². The van der Waals surface area contributed by atoms with Crippen molar-refractivity contribution in [1.82, 2.24) is 19.9 Å². The molecule has 1 atom stereocenters. The number of hydrogen-bond donors (Lipinski definition) is 0. The number of hydrogen-bond acceptors (Lipinski definition) is 8. The van der Waals surface area contributed by atoms with Gasteiger partial charge in [-0.2, -0.15) is 0 Å². The van der Waals surface area contributed by atoms with Gasteiger partial charge in [-0.3, -0.25) is 9.78 Å². The van der Waals surface area contributed by atoms with Crippen molar-refractivity contribution in [2.75, 3.05) is 24.6 Å². The number of carbonyl (C=O) groups excluding carboxylic acids is 1. The van der Waals surface area contributed by atoms with Crippen molar-refractivity contribution in [3.8, 4) is 11.5 Å². The summed E-state index contributed by atoms with van der Waals surface area (Å²) in [6.45, 7) is 5.62. The highest BCUT2D eigenvalue weighted by atomic mass is 32.1. The Morgan fingerprint density at radius 2 is 2.13 bits per heavy atom. The molecule has 0 N–H and O–H groups in total. The lowest BCUT2D eigenvalue weighted by Gasteiger charge is -2.24. The minimum atomic E-state index is -0.518. The number of carbonyl (C=O) groups is 1. The SMILES string of the molecule is CCOC(=O)C1(C)CCN(c2nc(-c3cnccn3)nc3sc4c(c23)CCCC4)C1. The molecule has 2 aliphatic rings. The van der Waals surface area contributed by atoms with Crippen LogP contribution in [-0.4, -0.2) is 45.6 Å². The zero-order valence-electron chi connectivity index (χ0n) is 17.3. The molecule has 0 spiro atoms. The summed E-state index contributed by atoms with van der Waals surface area (Å²) in [6.07, 6.45) is 10.4. The molecular weight excluding hydrogens is 398 g/mol. The first-order valence-electron chi connectivity index (χ1n) is 10.6. The van der Waals surface area contributed by atoms with E-state index in [0.717, 1.165) is 41.8 Å². The Balaban J connectivity index is 1.63. The number of fused-ring (bicyclic) bond motifs is 3. The van der Waals surface area contributed by atoms with E-state index in [-0.39, 0.29) is 5.97 Å². The lowest BCUT2D eigenvalue weighted by Crippen LogP contribution is -2.34. The second-order valence-corrected chi connectivity index (χ2v) is 9.39. The van der Waals surface area contributed by atoms with Crippen molar-refractivity contribution < 1.29 is 9.53 Å². The van der Waals surface area contributed by atoms with Crippen molar-refractivity contribution >= 4 is 33.3 Å². The van der Waals surface area contributed by atoms with Gasteiger partial charge in [0.2, 0.25) is 0 Å². The standard InChI is InChI=1S/C22H25N5O2S/c1-3-29-21(28)22(2)8-11-27(13-22)19-17-14-6-4-5-7-16(14)30-20(17)26-18(25-19)15-12-23-9-10-24-15/h9-10,12H,3-8,11,13H2,1-2H3. The highest BCUT2D eigenvalue weighted by Crippen LogP contribution is 2.43. The summed E-state index contributed by atoms with van der Waals surface area (Å²) in [6, 6.07) is 0. The fraction of sp³-hybridized carbons (Fsp3) is 0.500. The monoisotopic (exact) mass is 423 g/mol. The van der Waals surface area contributed by atoms with E-state index in [4.69, 9.17) is 14.7 Å². The molecule has 0 amide bonds. The quantitative estimate of drug-likeness (QED) is 0.590. The molecule has 0 saturated carbocycles. The van der Waals surface area contributed by atoms with E-state index < -0.39 is 5.41 Å². The van der Waals surface area contributed by atoms with E-state index in [0.29, 0.717) is 24.7 Å². The number of esters is 1. The van der Waals surface area contributed by atoms with E-state index in [1.807, 2.05) is 13.8 Å². The Hall–Kier alpha value is -2.61. The summed E-state index contributed by atoms with van der Waals surface area (Å²) in [5.74, 6) is 1.39. The third-order valence-electron chi connectivity index (χ3n) is 6.13.